The zero-order valence-electron chi connectivity index (χ0n) is 25.5. The molecular weight excluding hydrogens is 575 g/mol. The molecule has 0 saturated carbocycles. The van der Waals surface area contributed by atoms with Crippen LogP contribution in [0.2, 0.25) is 0 Å². The van der Waals surface area contributed by atoms with Crippen molar-refractivity contribution >= 4 is 24.1 Å². The molecule has 2 rings (SSSR count). The SMILES string of the molecule is CCCCCOC(=O)OCn1c(=O)ccn([C@@H]2O[C@](F)(COC(=O)C(C)C)[C@@H](OC(=O)C(C)C)[C@H]2OC(=O)C(C)C)c1=O. The summed E-state index contributed by atoms with van der Waals surface area (Å²) in [5, 5.41) is 0. The topological polar surface area (TPSA) is 168 Å². The molecule has 1 aliphatic heterocycles. The predicted molar refractivity (Wildman–Crippen MR) is 146 cm³/mol. The van der Waals surface area contributed by atoms with E-state index in [9.17, 15) is 28.8 Å². The summed E-state index contributed by atoms with van der Waals surface area (Å²) in [6.07, 6.45) is -3.42. The van der Waals surface area contributed by atoms with Crippen LogP contribution in [0.3, 0.4) is 0 Å². The summed E-state index contributed by atoms with van der Waals surface area (Å²) in [5.41, 5.74) is -2.02. The Morgan fingerprint density at radius 1 is 0.907 bits per heavy atom. The minimum Gasteiger partial charge on any atom is -0.459 e. The van der Waals surface area contributed by atoms with Gasteiger partial charge in [0.1, 0.15) is 0 Å². The second kappa shape index (κ2) is 15.6. The molecule has 0 aliphatic carbocycles. The van der Waals surface area contributed by atoms with E-state index in [1.165, 1.54) is 41.5 Å². The van der Waals surface area contributed by atoms with E-state index in [0.29, 0.717) is 11.0 Å². The molecule has 0 N–H and O–H groups in total. The number of hydrogen-bond donors (Lipinski definition) is 0. The molecule has 14 nitrogen and oxygen atoms in total. The van der Waals surface area contributed by atoms with Crippen LogP contribution in [0.4, 0.5) is 9.18 Å². The van der Waals surface area contributed by atoms with Crippen molar-refractivity contribution in [1.29, 1.82) is 0 Å². The molecule has 0 spiro atoms. The number of aromatic nitrogens is 2. The molecule has 0 bridgehead atoms. The predicted octanol–water partition coefficient (Wildman–Crippen LogP) is 2.84. The minimum absolute atomic E-state index is 0.0792. The number of halogens is 1. The highest BCUT2D eigenvalue weighted by Crippen LogP contribution is 2.42. The number of nitrogens with zero attached hydrogens (tertiary/aromatic N) is 2. The number of esters is 3. The molecule has 1 aliphatic rings. The maximum Gasteiger partial charge on any atom is 0.510 e. The van der Waals surface area contributed by atoms with E-state index in [0.717, 1.165) is 29.7 Å². The number of carbonyl (C=O) groups excluding carboxylic acids is 4. The van der Waals surface area contributed by atoms with Gasteiger partial charge in [-0.05, 0) is 6.42 Å². The van der Waals surface area contributed by atoms with Gasteiger partial charge in [0.05, 0.1) is 24.4 Å². The zero-order chi connectivity index (χ0) is 32.5. The standard InChI is InChI=1S/C28H41FN2O12/c1-8-9-10-13-38-27(37)40-15-31-19(32)11-12-30(26(31)36)22-20(41-24(34)17(4)5)21(42-25(35)18(6)7)28(29,43-22)14-39-23(33)16(2)3/h11-12,16-18,20-22H,8-10,13-15H2,1-7H3/t20-,21+,22-,28-/m1/s1. The Hall–Kier alpha value is -3.75. The van der Waals surface area contributed by atoms with Crippen molar-refractivity contribution in [2.24, 2.45) is 17.8 Å². The van der Waals surface area contributed by atoms with Gasteiger partial charge in [-0.15, -0.1) is 0 Å². The Balaban J connectivity index is 2.52. The largest absolute Gasteiger partial charge is 0.510 e. The fourth-order valence-corrected chi connectivity index (χ4v) is 3.71. The monoisotopic (exact) mass is 616 g/mol. The van der Waals surface area contributed by atoms with E-state index in [1.54, 1.807) is 0 Å². The summed E-state index contributed by atoms with van der Waals surface area (Å²) in [6, 6.07) is 0.911. The number of ether oxygens (including phenoxy) is 6. The van der Waals surface area contributed by atoms with E-state index in [2.05, 4.69) is 0 Å². The molecule has 0 amide bonds. The third-order valence-corrected chi connectivity index (χ3v) is 6.29. The molecule has 0 aromatic carbocycles. The van der Waals surface area contributed by atoms with Crippen LogP contribution in [0.15, 0.2) is 21.9 Å². The molecule has 1 aromatic rings. The Labute approximate surface area is 248 Å². The molecule has 4 atom stereocenters. The summed E-state index contributed by atoms with van der Waals surface area (Å²) in [6.45, 7) is 9.12. The molecular formula is C28H41FN2O12. The van der Waals surface area contributed by atoms with Crippen LogP contribution in [0, 0.1) is 17.8 Å². The van der Waals surface area contributed by atoms with Gasteiger partial charge < -0.3 is 28.4 Å². The highest BCUT2D eigenvalue weighted by atomic mass is 19.2. The van der Waals surface area contributed by atoms with Crippen molar-refractivity contribution in [2.75, 3.05) is 13.2 Å². The van der Waals surface area contributed by atoms with Crippen molar-refractivity contribution in [3.05, 3.63) is 33.1 Å². The molecule has 0 radical (unpaired) electrons. The van der Waals surface area contributed by atoms with Crippen LogP contribution in [-0.4, -0.2) is 64.5 Å². The van der Waals surface area contributed by atoms with Crippen molar-refractivity contribution in [3.8, 4) is 0 Å². The van der Waals surface area contributed by atoms with Gasteiger partial charge in [0.25, 0.3) is 11.4 Å². The lowest BCUT2D eigenvalue weighted by Gasteiger charge is -2.28. The van der Waals surface area contributed by atoms with E-state index in [-0.39, 0.29) is 6.61 Å². The average molecular weight is 617 g/mol. The smallest absolute Gasteiger partial charge is 0.459 e. The van der Waals surface area contributed by atoms with E-state index >= 15 is 4.39 Å². The fraction of sp³-hybridized carbons (Fsp3) is 0.714. The van der Waals surface area contributed by atoms with Crippen LogP contribution in [0.5, 0.6) is 0 Å². The Bertz CT molecular complexity index is 1260. The van der Waals surface area contributed by atoms with Crippen LogP contribution in [-0.2, 0) is 49.5 Å². The first kappa shape index (κ1) is 35.4. The summed E-state index contributed by atoms with van der Waals surface area (Å²) in [4.78, 5) is 75.3. The summed E-state index contributed by atoms with van der Waals surface area (Å²) in [7, 11) is 0. The lowest BCUT2D eigenvalue weighted by Crippen LogP contribution is -2.49. The van der Waals surface area contributed by atoms with Gasteiger partial charge in [-0.2, -0.15) is 0 Å². The van der Waals surface area contributed by atoms with E-state index in [1.807, 2.05) is 6.92 Å². The van der Waals surface area contributed by atoms with Crippen molar-refractivity contribution in [2.45, 2.75) is 98.8 Å². The lowest BCUT2D eigenvalue weighted by atomic mass is 10.1. The summed E-state index contributed by atoms with van der Waals surface area (Å²) < 4.78 is 49.1. The third-order valence-electron chi connectivity index (χ3n) is 6.29. The third kappa shape index (κ3) is 9.37. The Morgan fingerprint density at radius 2 is 1.51 bits per heavy atom. The highest BCUT2D eigenvalue weighted by molar-refractivity contribution is 5.73. The molecule has 242 valence electrons. The number of alkyl halides is 1. The number of hydrogen-bond acceptors (Lipinski definition) is 12. The van der Waals surface area contributed by atoms with Crippen LogP contribution >= 0.6 is 0 Å². The van der Waals surface area contributed by atoms with Crippen molar-refractivity contribution in [1.82, 2.24) is 9.13 Å². The molecule has 1 aromatic heterocycles. The Morgan fingerprint density at radius 3 is 2.09 bits per heavy atom. The number of carbonyl (C=O) groups is 4. The van der Waals surface area contributed by atoms with Gasteiger partial charge in [0.2, 0.25) is 6.10 Å². The van der Waals surface area contributed by atoms with Gasteiger partial charge in [0.15, 0.2) is 25.7 Å². The number of unbranched alkanes of at least 4 members (excludes halogenated alkanes) is 2. The molecule has 1 fully saturated rings. The van der Waals surface area contributed by atoms with E-state index < -0.39 is 90.7 Å². The molecule has 0 unspecified atom stereocenters. The first-order chi connectivity index (χ1) is 20.1. The second-order valence-electron chi connectivity index (χ2n) is 11.0. The van der Waals surface area contributed by atoms with Gasteiger partial charge >= 0.3 is 29.8 Å². The zero-order valence-corrected chi connectivity index (χ0v) is 25.5. The van der Waals surface area contributed by atoms with Crippen LogP contribution in [0.25, 0.3) is 0 Å². The average Bonchev–Trinajstić information content (AvgIpc) is 3.20. The first-order valence-electron chi connectivity index (χ1n) is 14.2. The van der Waals surface area contributed by atoms with Gasteiger partial charge in [-0.25, -0.2) is 18.5 Å². The number of rotatable bonds is 14. The van der Waals surface area contributed by atoms with Gasteiger partial charge in [0, 0.05) is 12.3 Å². The maximum atomic E-state index is 16.6. The molecule has 43 heavy (non-hydrogen) atoms. The van der Waals surface area contributed by atoms with Gasteiger partial charge in [-0.1, -0.05) is 61.3 Å². The highest BCUT2D eigenvalue weighted by Gasteiger charge is 2.62. The maximum absolute atomic E-state index is 16.6. The quantitative estimate of drug-likeness (QED) is 0.171. The van der Waals surface area contributed by atoms with E-state index in [4.69, 9.17) is 28.4 Å². The van der Waals surface area contributed by atoms with Crippen molar-refractivity contribution < 1.29 is 52.0 Å². The van der Waals surface area contributed by atoms with Crippen molar-refractivity contribution in [3.63, 3.8) is 0 Å². The second-order valence-corrected chi connectivity index (χ2v) is 11.0. The summed E-state index contributed by atoms with van der Waals surface area (Å²) in [5.74, 6) is -7.72. The Kier molecular flexibility index (Phi) is 12.9. The summed E-state index contributed by atoms with van der Waals surface area (Å²) >= 11 is 0. The molecule has 15 heteroatoms. The first-order valence-corrected chi connectivity index (χ1v) is 14.2. The molecule has 1 saturated heterocycles. The lowest BCUT2D eigenvalue weighted by molar-refractivity contribution is -0.226. The minimum atomic E-state index is -3.08. The van der Waals surface area contributed by atoms with Crippen LogP contribution < -0.4 is 11.2 Å². The fourth-order valence-electron chi connectivity index (χ4n) is 3.71. The van der Waals surface area contributed by atoms with Gasteiger partial charge in [-0.3, -0.25) is 23.7 Å². The molecule has 2 heterocycles. The van der Waals surface area contributed by atoms with Crippen LogP contribution in [0.1, 0.15) is 74.0 Å². The normalized spacial score (nSPS) is 21.6.